The summed E-state index contributed by atoms with van der Waals surface area (Å²) in [6, 6.07) is 10.1. The van der Waals surface area contributed by atoms with Gasteiger partial charge in [-0.25, -0.2) is 4.39 Å². The fourth-order valence-corrected chi connectivity index (χ4v) is 2.42. The maximum absolute atomic E-state index is 13.4. The minimum absolute atomic E-state index is 0.311. The van der Waals surface area contributed by atoms with Crippen molar-refractivity contribution in [2.75, 3.05) is 18.5 Å². The van der Waals surface area contributed by atoms with Gasteiger partial charge in [-0.1, -0.05) is 31.4 Å². The number of anilines is 1. The molecule has 0 atom stereocenters. The van der Waals surface area contributed by atoms with E-state index in [1.54, 1.807) is 30.6 Å². The van der Waals surface area contributed by atoms with E-state index in [-0.39, 0.29) is 5.82 Å². The van der Waals surface area contributed by atoms with Crippen molar-refractivity contribution in [1.29, 1.82) is 5.26 Å². The van der Waals surface area contributed by atoms with E-state index in [1.807, 2.05) is 18.3 Å². The molecule has 0 saturated carbocycles. The van der Waals surface area contributed by atoms with Crippen molar-refractivity contribution in [3.63, 3.8) is 0 Å². The lowest BCUT2D eigenvalue weighted by Gasteiger charge is -2.08. The van der Waals surface area contributed by atoms with E-state index in [0.29, 0.717) is 24.9 Å². The van der Waals surface area contributed by atoms with Crippen LogP contribution >= 0.6 is 0 Å². The van der Waals surface area contributed by atoms with Crippen LogP contribution in [-0.4, -0.2) is 24.1 Å². The van der Waals surface area contributed by atoms with Crippen molar-refractivity contribution in [2.24, 2.45) is 4.99 Å². The second-order valence-corrected chi connectivity index (χ2v) is 5.88. The van der Waals surface area contributed by atoms with Crippen molar-refractivity contribution in [3.8, 4) is 11.9 Å². The molecule has 6 nitrogen and oxygen atoms in total. The largest absolute Gasteiger partial charge is 0.491 e. The number of benzene rings is 1. The van der Waals surface area contributed by atoms with Gasteiger partial charge >= 0.3 is 0 Å². The van der Waals surface area contributed by atoms with Crippen LogP contribution < -0.4 is 15.4 Å². The molecule has 27 heavy (non-hydrogen) atoms. The van der Waals surface area contributed by atoms with E-state index >= 15 is 0 Å². The van der Waals surface area contributed by atoms with Crippen molar-refractivity contribution in [2.45, 2.75) is 32.1 Å². The first-order valence-electron chi connectivity index (χ1n) is 9.03. The zero-order valence-corrected chi connectivity index (χ0v) is 15.2. The number of hydrogen-bond acceptors (Lipinski definition) is 4. The lowest BCUT2D eigenvalue weighted by molar-refractivity contribution is 0.290. The summed E-state index contributed by atoms with van der Waals surface area (Å²) in [4.78, 5) is 8.38. The fourth-order valence-electron chi connectivity index (χ4n) is 2.42. The number of nitrogens with one attached hydrogen (secondary N) is 2. The number of nitrogens with zero attached hydrogens (tertiary/aromatic N) is 3. The Kier molecular flexibility index (Phi) is 9.15. The average Bonchev–Trinajstić information content (AvgIpc) is 2.69. The lowest BCUT2D eigenvalue weighted by atomic mass is 10.1. The number of pyridine rings is 1. The fraction of sp³-hybridized carbons (Fsp3) is 0.350. The number of ether oxygens (including phenoxy) is 1. The number of hydrogen-bond donors (Lipinski definition) is 2. The number of para-hydroxylation sites is 1. The summed E-state index contributed by atoms with van der Waals surface area (Å²) < 4.78 is 18.8. The van der Waals surface area contributed by atoms with Crippen LogP contribution in [0.3, 0.4) is 0 Å². The number of nitriles is 1. The van der Waals surface area contributed by atoms with E-state index in [2.05, 4.69) is 20.6 Å². The molecule has 0 aliphatic carbocycles. The molecule has 0 bridgehead atoms. The molecule has 1 aromatic heterocycles. The molecule has 2 N–H and O–H groups in total. The number of aliphatic imine (C=N–C) groups is 1. The predicted octanol–water partition coefficient (Wildman–Crippen LogP) is 4.09. The Morgan fingerprint density at radius 2 is 1.93 bits per heavy atom. The van der Waals surface area contributed by atoms with Gasteiger partial charge in [0.15, 0.2) is 17.8 Å². The molecule has 0 spiro atoms. The van der Waals surface area contributed by atoms with Gasteiger partial charge in [-0.2, -0.15) is 5.26 Å². The van der Waals surface area contributed by atoms with E-state index in [9.17, 15) is 4.39 Å². The lowest BCUT2D eigenvalue weighted by Crippen LogP contribution is -2.27. The van der Waals surface area contributed by atoms with E-state index in [4.69, 9.17) is 10.00 Å². The molecule has 7 heteroatoms. The molecular formula is C20H24FN5O. The smallest absolute Gasteiger partial charge is 0.209 e. The summed E-state index contributed by atoms with van der Waals surface area (Å²) in [5.74, 6) is 0.409. The van der Waals surface area contributed by atoms with Gasteiger partial charge in [0.05, 0.1) is 18.5 Å². The van der Waals surface area contributed by atoms with Crippen molar-refractivity contribution < 1.29 is 9.13 Å². The molecule has 0 aliphatic heterocycles. The molecule has 0 fully saturated rings. The second-order valence-electron chi connectivity index (χ2n) is 5.88. The quantitative estimate of drug-likeness (QED) is 0.217. The van der Waals surface area contributed by atoms with Gasteiger partial charge in [0.25, 0.3) is 0 Å². The minimum Gasteiger partial charge on any atom is -0.491 e. The van der Waals surface area contributed by atoms with Gasteiger partial charge in [-0.05, 0) is 37.1 Å². The van der Waals surface area contributed by atoms with Gasteiger partial charge in [-0.15, -0.1) is 0 Å². The molecule has 0 radical (unpaired) electrons. The standard InChI is InChI=1S/C20H24FN5O/c21-18-10-4-5-11-19(18)27-14-7-3-1-2-6-13-24-20(25-16-22)26-17-9-8-12-23-15-17/h4-5,8-12,15H,1-3,6-7,13-14H2,(H2,24,25,26). The number of guanidine groups is 1. The first-order chi connectivity index (χ1) is 13.3. The van der Waals surface area contributed by atoms with Crippen LogP contribution in [0.5, 0.6) is 5.75 Å². The highest BCUT2D eigenvalue weighted by Crippen LogP contribution is 2.16. The molecule has 0 unspecified atom stereocenters. The number of halogens is 1. The molecule has 0 amide bonds. The maximum atomic E-state index is 13.4. The zero-order valence-electron chi connectivity index (χ0n) is 15.2. The molecule has 0 saturated heterocycles. The normalized spacial score (nSPS) is 10.9. The zero-order chi connectivity index (χ0) is 19.2. The molecule has 1 heterocycles. The monoisotopic (exact) mass is 369 g/mol. The van der Waals surface area contributed by atoms with Crippen LogP contribution in [0.4, 0.5) is 10.1 Å². The van der Waals surface area contributed by atoms with Gasteiger partial charge in [0.1, 0.15) is 0 Å². The highest BCUT2D eigenvalue weighted by atomic mass is 19.1. The van der Waals surface area contributed by atoms with Crippen LogP contribution in [0, 0.1) is 17.3 Å². The van der Waals surface area contributed by atoms with E-state index < -0.39 is 0 Å². The Hall–Kier alpha value is -3.14. The molecular weight excluding hydrogens is 345 g/mol. The molecule has 1 aromatic carbocycles. The Morgan fingerprint density at radius 3 is 2.70 bits per heavy atom. The Morgan fingerprint density at radius 1 is 1.11 bits per heavy atom. The van der Waals surface area contributed by atoms with Crippen LogP contribution in [-0.2, 0) is 0 Å². The highest BCUT2D eigenvalue weighted by Gasteiger charge is 2.01. The average molecular weight is 369 g/mol. The third-order valence-corrected chi connectivity index (χ3v) is 3.77. The first-order valence-corrected chi connectivity index (χ1v) is 9.03. The molecule has 2 aromatic rings. The van der Waals surface area contributed by atoms with Crippen LogP contribution in [0.1, 0.15) is 32.1 Å². The Balaban J connectivity index is 1.56. The topological polar surface area (TPSA) is 82.3 Å². The van der Waals surface area contributed by atoms with Gasteiger partial charge in [0.2, 0.25) is 5.96 Å². The third kappa shape index (κ3) is 8.19. The van der Waals surface area contributed by atoms with Crippen molar-refractivity contribution in [3.05, 3.63) is 54.6 Å². The predicted molar refractivity (Wildman–Crippen MR) is 104 cm³/mol. The van der Waals surface area contributed by atoms with Crippen molar-refractivity contribution >= 4 is 11.6 Å². The van der Waals surface area contributed by atoms with Crippen LogP contribution in [0.15, 0.2) is 53.8 Å². The third-order valence-electron chi connectivity index (χ3n) is 3.77. The van der Waals surface area contributed by atoms with E-state index in [0.717, 1.165) is 37.8 Å². The van der Waals surface area contributed by atoms with E-state index in [1.165, 1.54) is 6.07 Å². The number of unbranched alkanes of at least 4 members (excludes halogenated alkanes) is 4. The summed E-state index contributed by atoms with van der Waals surface area (Å²) in [7, 11) is 0. The summed E-state index contributed by atoms with van der Waals surface area (Å²) in [5, 5.41) is 14.4. The first kappa shape index (κ1) is 20.2. The van der Waals surface area contributed by atoms with Gasteiger partial charge < -0.3 is 10.1 Å². The minimum atomic E-state index is -0.322. The summed E-state index contributed by atoms with van der Waals surface area (Å²) in [6.07, 6.45) is 10.2. The molecule has 0 aliphatic rings. The molecule has 142 valence electrons. The SMILES string of the molecule is N#CNC(=NCCCCCCCOc1ccccc1F)Nc1cccnc1. The number of aromatic nitrogens is 1. The summed E-state index contributed by atoms with van der Waals surface area (Å²) >= 11 is 0. The van der Waals surface area contributed by atoms with Gasteiger partial charge in [0, 0.05) is 12.7 Å². The van der Waals surface area contributed by atoms with Crippen LogP contribution in [0.25, 0.3) is 0 Å². The summed E-state index contributed by atoms with van der Waals surface area (Å²) in [5.41, 5.74) is 0.772. The van der Waals surface area contributed by atoms with Gasteiger partial charge in [-0.3, -0.25) is 15.3 Å². The highest BCUT2D eigenvalue weighted by molar-refractivity contribution is 5.94. The summed E-state index contributed by atoms with van der Waals surface area (Å²) in [6.45, 7) is 1.15. The van der Waals surface area contributed by atoms with Crippen molar-refractivity contribution in [1.82, 2.24) is 10.3 Å². The Labute approximate surface area is 159 Å². The Bertz CT molecular complexity index is 746. The second kappa shape index (κ2) is 12.3. The maximum Gasteiger partial charge on any atom is 0.209 e. The van der Waals surface area contributed by atoms with Crippen LogP contribution in [0.2, 0.25) is 0 Å². The number of rotatable bonds is 10. The molecule has 2 rings (SSSR count).